The quantitative estimate of drug-likeness (QED) is 0.798. The van der Waals surface area contributed by atoms with E-state index in [1.807, 2.05) is 0 Å². The van der Waals surface area contributed by atoms with Crippen LogP contribution in [-0.4, -0.2) is 12.7 Å². The van der Waals surface area contributed by atoms with E-state index < -0.39 is 12.2 Å². The molecule has 0 amide bonds. The van der Waals surface area contributed by atoms with Gasteiger partial charge in [0.15, 0.2) is 0 Å². The molecule has 0 aliphatic heterocycles. The van der Waals surface area contributed by atoms with Gasteiger partial charge in [-0.3, -0.25) is 0 Å². The molecule has 1 aromatic carbocycles. The summed E-state index contributed by atoms with van der Waals surface area (Å²) in [5.41, 5.74) is 0.294. The van der Waals surface area contributed by atoms with Crippen LogP contribution in [0.25, 0.3) is 0 Å². The van der Waals surface area contributed by atoms with Crippen LogP contribution >= 0.6 is 0 Å². The molecular formula is C17H24F3N. The summed E-state index contributed by atoms with van der Waals surface area (Å²) in [6.45, 7) is 2.67. The van der Waals surface area contributed by atoms with Crippen LogP contribution in [0.15, 0.2) is 30.3 Å². The largest absolute Gasteiger partial charge is 0.407 e. The Kier molecular flexibility index (Phi) is 5.68. The molecular weight excluding hydrogens is 275 g/mol. The van der Waals surface area contributed by atoms with Gasteiger partial charge in [0, 0.05) is 0 Å². The number of rotatable bonds is 5. The molecule has 1 aliphatic rings. The minimum atomic E-state index is -4.25. The van der Waals surface area contributed by atoms with Crippen LogP contribution in [-0.2, 0) is 0 Å². The Morgan fingerprint density at radius 1 is 1.19 bits per heavy atom. The normalized spacial score (nSPS) is 24.8. The van der Waals surface area contributed by atoms with Gasteiger partial charge in [-0.25, -0.2) is 0 Å². The summed E-state index contributed by atoms with van der Waals surface area (Å²) in [4.78, 5) is 0. The van der Waals surface area contributed by atoms with Crippen molar-refractivity contribution in [2.24, 2.45) is 11.8 Å². The van der Waals surface area contributed by atoms with Crippen LogP contribution in [0.5, 0.6) is 0 Å². The van der Waals surface area contributed by atoms with Crippen LogP contribution in [0.4, 0.5) is 13.2 Å². The van der Waals surface area contributed by atoms with Gasteiger partial charge in [0.25, 0.3) is 0 Å². The van der Waals surface area contributed by atoms with E-state index in [1.165, 1.54) is 25.0 Å². The minimum Gasteiger partial charge on any atom is -0.302 e. The highest BCUT2D eigenvalue weighted by Crippen LogP contribution is 2.34. The summed E-state index contributed by atoms with van der Waals surface area (Å²) < 4.78 is 39.5. The van der Waals surface area contributed by atoms with Gasteiger partial charge in [0.1, 0.15) is 6.04 Å². The Labute approximate surface area is 124 Å². The van der Waals surface area contributed by atoms with Gasteiger partial charge >= 0.3 is 6.18 Å². The van der Waals surface area contributed by atoms with E-state index in [-0.39, 0.29) is 0 Å². The van der Waals surface area contributed by atoms with E-state index in [2.05, 4.69) is 12.2 Å². The highest BCUT2D eigenvalue weighted by molar-refractivity contribution is 5.20. The lowest BCUT2D eigenvalue weighted by Crippen LogP contribution is -2.35. The second-order valence-corrected chi connectivity index (χ2v) is 6.27. The van der Waals surface area contributed by atoms with Crippen LogP contribution in [0.2, 0.25) is 0 Å². The Balaban J connectivity index is 1.88. The molecule has 0 heterocycles. The van der Waals surface area contributed by atoms with Crippen molar-refractivity contribution in [2.75, 3.05) is 6.54 Å². The van der Waals surface area contributed by atoms with Gasteiger partial charge in [-0.2, -0.15) is 13.2 Å². The van der Waals surface area contributed by atoms with Gasteiger partial charge in [0.2, 0.25) is 0 Å². The number of alkyl halides is 3. The zero-order valence-corrected chi connectivity index (χ0v) is 12.5. The summed E-state index contributed by atoms with van der Waals surface area (Å²) in [6, 6.07) is 6.55. The summed E-state index contributed by atoms with van der Waals surface area (Å²) in [5, 5.41) is 2.71. The van der Waals surface area contributed by atoms with Crippen molar-refractivity contribution in [1.29, 1.82) is 0 Å². The third kappa shape index (κ3) is 5.03. The molecule has 0 saturated heterocycles. The predicted molar refractivity (Wildman–Crippen MR) is 79.0 cm³/mol. The molecule has 0 aromatic heterocycles. The molecule has 1 saturated carbocycles. The highest BCUT2D eigenvalue weighted by atomic mass is 19.4. The molecule has 118 valence electrons. The van der Waals surface area contributed by atoms with Crippen LogP contribution in [0, 0.1) is 11.8 Å². The second-order valence-electron chi connectivity index (χ2n) is 6.27. The maximum atomic E-state index is 13.2. The zero-order chi connectivity index (χ0) is 15.3. The molecule has 1 fully saturated rings. The average molecular weight is 299 g/mol. The van der Waals surface area contributed by atoms with Gasteiger partial charge in [0.05, 0.1) is 0 Å². The monoisotopic (exact) mass is 299 g/mol. The molecule has 1 aromatic rings. The second kappa shape index (κ2) is 7.30. The van der Waals surface area contributed by atoms with Crippen molar-refractivity contribution in [3.05, 3.63) is 35.9 Å². The summed E-state index contributed by atoms with van der Waals surface area (Å²) in [6.07, 6.45) is 1.38. The van der Waals surface area contributed by atoms with Crippen LogP contribution in [0.3, 0.4) is 0 Å². The van der Waals surface area contributed by atoms with Crippen LogP contribution in [0.1, 0.15) is 50.6 Å². The first-order chi connectivity index (χ1) is 9.97. The van der Waals surface area contributed by atoms with Gasteiger partial charge < -0.3 is 5.32 Å². The van der Waals surface area contributed by atoms with E-state index >= 15 is 0 Å². The van der Waals surface area contributed by atoms with E-state index in [1.54, 1.807) is 18.2 Å². The van der Waals surface area contributed by atoms with Crippen molar-refractivity contribution in [1.82, 2.24) is 5.32 Å². The number of hydrogen-bond acceptors (Lipinski definition) is 1. The first-order valence-electron chi connectivity index (χ1n) is 7.82. The minimum absolute atomic E-state index is 0.294. The summed E-state index contributed by atoms with van der Waals surface area (Å²) in [5.74, 6) is 1.29. The Hall–Kier alpha value is -1.03. The fourth-order valence-electron chi connectivity index (χ4n) is 3.32. The van der Waals surface area contributed by atoms with Crippen molar-refractivity contribution in [3.8, 4) is 0 Å². The first kappa shape index (κ1) is 16.3. The highest BCUT2D eigenvalue weighted by Gasteiger charge is 2.40. The zero-order valence-electron chi connectivity index (χ0n) is 12.5. The summed E-state index contributed by atoms with van der Waals surface area (Å²) >= 11 is 0. The number of hydrogen-bond donors (Lipinski definition) is 1. The Morgan fingerprint density at radius 3 is 2.52 bits per heavy atom. The van der Waals surface area contributed by atoms with Gasteiger partial charge in [-0.15, -0.1) is 0 Å². The first-order valence-corrected chi connectivity index (χ1v) is 7.82. The number of halogens is 3. The van der Waals surface area contributed by atoms with Crippen molar-refractivity contribution >= 4 is 0 Å². The topological polar surface area (TPSA) is 12.0 Å². The van der Waals surface area contributed by atoms with E-state index in [0.717, 1.165) is 25.2 Å². The van der Waals surface area contributed by atoms with E-state index in [0.29, 0.717) is 18.0 Å². The maximum absolute atomic E-state index is 13.2. The van der Waals surface area contributed by atoms with Crippen LogP contribution < -0.4 is 5.32 Å². The molecule has 1 aliphatic carbocycles. The third-order valence-corrected chi connectivity index (χ3v) is 4.41. The molecule has 0 bridgehead atoms. The Bertz CT molecular complexity index is 416. The molecule has 0 radical (unpaired) electrons. The molecule has 21 heavy (non-hydrogen) atoms. The van der Waals surface area contributed by atoms with E-state index in [9.17, 15) is 13.2 Å². The smallest absolute Gasteiger partial charge is 0.302 e. The van der Waals surface area contributed by atoms with Gasteiger partial charge in [-0.1, -0.05) is 56.5 Å². The fourth-order valence-corrected chi connectivity index (χ4v) is 3.32. The molecule has 3 unspecified atom stereocenters. The van der Waals surface area contributed by atoms with Crippen molar-refractivity contribution in [3.63, 3.8) is 0 Å². The summed E-state index contributed by atoms with van der Waals surface area (Å²) in [7, 11) is 0. The lowest BCUT2D eigenvalue weighted by atomic mass is 9.81. The number of benzene rings is 1. The van der Waals surface area contributed by atoms with Gasteiger partial charge in [-0.05, 0) is 36.8 Å². The molecule has 2 rings (SSSR count). The lowest BCUT2D eigenvalue weighted by molar-refractivity contribution is -0.157. The lowest BCUT2D eigenvalue weighted by Gasteiger charge is -2.28. The van der Waals surface area contributed by atoms with Crippen molar-refractivity contribution in [2.45, 2.75) is 51.2 Å². The molecule has 4 heteroatoms. The van der Waals surface area contributed by atoms with Crippen molar-refractivity contribution < 1.29 is 13.2 Å². The molecule has 1 nitrogen and oxygen atoms in total. The van der Waals surface area contributed by atoms with E-state index in [4.69, 9.17) is 0 Å². The average Bonchev–Trinajstić information content (AvgIpc) is 2.43. The molecule has 1 N–H and O–H groups in total. The third-order valence-electron chi connectivity index (χ3n) is 4.41. The Morgan fingerprint density at radius 2 is 1.90 bits per heavy atom. The standard InChI is InChI=1S/C17H24F3N/c1-13-6-5-7-14(12-13)10-11-21-16(17(18,19)20)15-8-3-2-4-9-15/h2-4,8-9,13-14,16,21H,5-7,10-12H2,1H3. The predicted octanol–water partition coefficient (Wildman–Crippen LogP) is 5.10. The number of nitrogens with one attached hydrogen (secondary N) is 1. The molecule has 3 atom stereocenters. The molecule has 0 spiro atoms. The fraction of sp³-hybridized carbons (Fsp3) is 0.647. The SMILES string of the molecule is CC1CCCC(CCNC(c2ccccc2)C(F)(F)F)C1. The maximum Gasteiger partial charge on any atom is 0.407 e.